The number of imidazole rings is 1. The zero-order valence-electron chi connectivity index (χ0n) is 11.4. The largest absolute Gasteiger partial charge is 0.390 e. The molecule has 0 saturated carbocycles. The molecule has 0 saturated heterocycles. The lowest BCUT2D eigenvalue weighted by Crippen LogP contribution is -1.95. The number of aromatic nitrogens is 2. The fourth-order valence-electron chi connectivity index (χ4n) is 2.35. The van der Waals surface area contributed by atoms with Crippen molar-refractivity contribution < 1.29 is 10.0 Å². The first-order valence-electron chi connectivity index (χ1n) is 6.43. The number of aryl methyl sites for hydroxylation is 1. The van der Waals surface area contributed by atoms with Gasteiger partial charge in [-0.1, -0.05) is 18.2 Å². The first kappa shape index (κ1) is 13.3. The Balaban J connectivity index is 2.24. The Labute approximate surface area is 120 Å². The SMILES string of the molecule is Cc1ccc2nc(-c3cccc([N+](=O)[O-])c3)c(CO)n2c1. The van der Waals surface area contributed by atoms with E-state index in [1.54, 1.807) is 12.1 Å². The van der Waals surface area contributed by atoms with Crippen molar-refractivity contribution in [1.29, 1.82) is 0 Å². The van der Waals surface area contributed by atoms with Gasteiger partial charge in [-0.2, -0.15) is 0 Å². The number of aliphatic hydroxyl groups is 1. The van der Waals surface area contributed by atoms with Crippen molar-refractivity contribution in [2.75, 3.05) is 0 Å². The number of aliphatic hydroxyl groups excluding tert-OH is 1. The van der Waals surface area contributed by atoms with Crippen LogP contribution in [0, 0.1) is 17.0 Å². The number of nitrogens with zero attached hydrogens (tertiary/aromatic N) is 3. The van der Waals surface area contributed by atoms with Gasteiger partial charge >= 0.3 is 0 Å². The Kier molecular flexibility index (Phi) is 3.15. The Morgan fingerprint density at radius 2 is 2.14 bits per heavy atom. The second kappa shape index (κ2) is 4.99. The summed E-state index contributed by atoms with van der Waals surface area (Å²) >= 11 is 0. The van der Waals surface area contributed by atoms with Crippen LogP contribution in [0.1, 0.15) is 11.3 Å². The van der Waals surface area contributed by atoms with Gasteiger partial charge in [0.15, 0.2) is 0 Å². The standard InChI is InChI=1S/C15H13N3O3/c1-10-5-6-14-16-15(13(9-19)17(14)8-10)11-3-2-4-12(7-11)18(20)21/h2-8,19H,9H2,1H3. The fraction of sp³-hybridized carbons (Fsp3) is 0.133. The van der Waals surface area contributed by atoms with E-state index in [-0.39, 0.29) is 12.3 Å². The van der Waals surface area contributed by atoms with Crippen LogP contribution in [0.3, 0.4) is 0 Å². The maximum absolute atomic E-state index is 10.9. The molecule has 3 aromatic rings. The lowest BCUT2D eigenvalue weighted by atomic mass is 10.1. The van der Waals surface area contributed by atoms with E-state index in [1.165, 1.54) is 12.1 Å². The third-order valence-electron chi connectivity index (χ3n) is 3.35. The summed E-state index contributed by atoms with van der Waals surface area (Å²) in [7, 11) is 0. The molecule has 3 rings (SSSR count). The summed E-state index contributed by atoms with van der Waals surface area (Å²) in [6.07, 6.45) is 1.88. The molecule has 0 fully saturated rings. The van der Waals surface area contributed by atoms with Crippen LogP contribution in [0.15, 0.2) is 42.6 Å². The molecular formula is C15H13N3O3. The molecule has 6 heteroatoms. The number of pyridine rings is 1. The fourth-order valence-corrected chi connectivity index (χ4v) is 2.35. The monoisotopic (exact) mass is 283 g/mol. The Morgan fingerprint density at radius 3 is 2.86 bits per heavy atom. The molecular weight excluding hydrogens is 270 g/mol. The quantitative estimate of drug-likeness (QED) is 0.592. The van der Waals surface area contributed by atoms with Crippen LogP contribution in [0.25, 0.3) is 16.9 Å². The molecule has 1 aromatic carbocycles. The highest BCUT2D eigenvalue weighted by Crippen LogP contribution is 2.27. The van der Waals surface area contributed by atoms with E-state index >= 15 is 0 Å². The first-order chi connectivity index (χ1) is 10.1. The zero-order chi connectivity index (χ0) is 15.0. The second-order valence-corrected chi connectivity index (χ2v) is 4.81. The van der Waals surface area contributed by atoms with E-state index in [0.717, 1.165) is 5.56 Å². The number of nitro benzene ring substituents is 1. The molecule has 6 nitrogen and oxygen atoms in total. The van der Waals surface area contributed by atoms with E-state index in [2.05, 4.69) is 4.98 Å². The summed E-state index contributed by atoms with van der Waals surface area (Å²) in [6, 6.07) is 10.1. The molecule has 21 heavy (non-hydrogen) atoms. The summed E-state index contributed by atoms with van der Waals surface area (Å²) in [5, 5.41) is 20.5. The number of benzene rings is 1. The second-order valence-electron chi connectivity index (χ2n) is 4.81. The Morgan fingerprint density at radius 1 is 1.33 bits per heavy atom. The van der Waals surface area contributed by atoms with Gasteiger partial charge in [-0.05, 0) is 18.6 Å². The zero-order valence-corrected chi connectivity index (χ0v) is 11.4. The minimum Gasteiger partial charge on any atom is -0.390 e. The Bertz CT molecular complexity index is 839. The average Bonchev–Trinajstić information content (AvgIpc) is 2.85. The summed E-state index contributed by atoms with van der Waals surface area (Å²) in [6.45, 7) is 1.76. The number of rotatable bonds is 3. The molecule has 0 spiro atoms. The lowest BCUT2D eigenvalue weighted by Gasteiger charge is -2.02. The molecule has 0 atom stereocenters. The molecule has 106 valence electrons. The van der Waals surface area contributed by atoms with Crippen LogP contribution in [0.5, 0.6) is 0 Å². The van der Waals surface area contributed by atoms with Crippen LogP contribution in [0.2, 0.25) is 0 Å². The maximum atomic E-state index is 10.9. The van der Waals surface area contributed by atoms with E-state index in [1.807, 2.05) is 29.7 Å². The van der Waals surface area contributed by atoms with Crippen molar-refractivity contribution in [1.82, 2.24) is 9.38 Å². The van der Waals surface area contributed by atoms with Gasteiger partial charge in [-0.25, -0.2) is 4.98 Å². The van der Waals surface area contributed by atoms with Gasteiger partial charge in [0.05, 0.1) is 22.9 Å². The van der Waals surface area contributed by atoms with E-state index in [0.29, 0.717) is 22.6 Å². The van der Waals surface area contributed by atoms with Crippen molar-refractivity contribution in [3.8, 4) is 11.3 Å². The molecule has 2 aromatic heterocycles. The number of hydrogen-bond donors (Lipinski definition) is 1. The summed E-state index contributed by atoms with van der Waals surface area (Å²) in [5.74, 6) is 0. The molecule has 0 aliphatic rings. The molecule has 1 N–H and O–H groups in total. The Hall–Kier alpha value is -2.73. The van der Waals surface area contributed by atoms with Gasteiger partial charge in [-0.15, -0.1) is 0 Å². The predicted molar refractivity (Wildman–Crippen MR) is 77.9 cm³/mol. The third kappa shape index (κ3) is 2.25. The van der Waals surface area contributed by atoms with E-state index in [9.17, 15) is 15.2 Å². The third-order valence-corrected chi connectivity index (χ3v) is 3.35. The maximum Gasteiger partial charge on any atom is 0.270 e. The molecule has 0 radical (unpaired) electrons. The number of fused-ring (bicyclic) bond motifs is 1. The van der Waals surface area contributed by atoms with Gasteiger partial charge in [0.25, 0.3) is 5.69 Å². The lowest BCUT2D eigenvalue weighted by molar-refractivity contribution is -0.384. The van der Waals surface area contributed by atoms with E-state index < -0.39 is 4.92 Å². The van der Waals surface area contributed by atoms with Crippen molar-refractivity contribution in [3.05, 3.63) is 64.0 Å². The highest BCUT2D eigenvalue weighted by atomic mass is 16.6. The first-order valence-corrected chi connectivity index (χ1v) is 6.43. The van der Waals surface area contributed by atoms with Crippen molar-refractivity contribution in [2.24, 2.45) is 0 Å². The molecule has 0 aliphatic carbocycles. The topological polar surface area (TPSA) is 80.7 Å². The van der Waals surface area contributed by atoms with Crippen LogP contribution >= 0.6 is 0 Å². The molecule has 2 heterocycles. The van der Waals surface area contributed by atoms with Gasteiger partial charge in [0, 0.05) is 23.9 Å². The van der Waals surface area contributed by atoms with Gasteiger partial charge < -0.3 is 9.51 Å². The van der Waals surface area contributed by atoms with Crippen LogP contribution in [-0.4, -0.2) is 19.4 Å². The summed E-state index contributed by atoms with van der Waals surface area (Å²) in [4.78, 5) is 14.9. The number of nitro groups is 1. The minimum absolute atomic E-state index is 0.00428. The van der Waals surface area contributed by atoms with Crippen molar-refractivity contribution >= 4 is 11.3 Å². The van der Waals surface area contributed by atoms with Gasteiger partial charge in [-0.3, -0.25) is 10.1 Å². The highest BCUT2D eigenvalue weighted by Gasteiger charge is 2.15. The smallest absolute Gasteiger partial charge is 0.270 e. The number of non-ortho nitro benzene ring substituents is 1. The molecule has 0 unspecified atom stereocenters. The van der Waals surface area contributed by atoms with Gasteiger partial charge in [0.1, 0.15) is 5.65 Å². The normalized spacial score (nSPS) is 11.0. The predicted octanol–water partition coefficient (Wildman–Crippen LogP) is 2.71. The molecule has 0 aliphatic heterocycles. The highest BCUT2D eigenvalue weighted by molar-refractivity contribution is 5.68. The molecule has 0 bridgehead atoms. The van der Waals surface area contributed by atoms with Crippen molar-refractivity contribution in [2.45, 2.75) is 13.5 Å². The summed E-state index contributed by atoms with van der Waals surface area (Å²) < 4.78 is 1.81. The van der Waals surface area contributed by atoms with Crippen LogP contribution < -0.4 is 0 Å². The van der Waals surface area contributed by atoms with Crippen LogP contribution in [-0.2, 0) is 6.61 Å². The minimum atomic E-state index is -0.442. The summed E-state index contributed by atoms with van der Waals surface area (Å²) in [5.41, 5.74) is 3.55. The number of hydrogen-bond acceptors (Lipinski definition) is 4. The van der Waals surface area contributed by atoms with Crippen molar-refractivity contribution in [3.63, 3.8) is 0 Å². The molecule has 0 amide bonds. The van der Waals surface area contributed by atoms with E-state index in [4.69, 9.17) is 0 Å². The van der Waals surface area contributed by atoms with Crippen LogP contribution in [0.4, 0.5) is 5.69 Å². The van der Waals surface area contributed by atoms with Gasteiger partial charge in [0.2, 0.25) is 0 Å². The average molecular weight is 283 g/mol.